The summed E-state index contributed by atoms with van der Waals surface area (Å²) in [5, 5.41) is 0. The number of pyridine rings is 1. The van der Waals surface area contributed by atoms with Crippen LogP contribution >= 0.6 is 0 Å². The zero-order valence-electron chi connectivity index (χ0n) is 14.3. The molecule has 0 N–H and O–H groups in total. The van der Waals surface area contributed by atoms with Gasteiger partial charge in [0.25, 0.3) is 0 Å². The van der Waals surface area contributed by atoms with Crippen LogP contribution < -0.4 is 0 Å². The van der Waals surface area contributed by atoms with E-state index in [4.69, 9.17) is 9.31 Å². The quantitative estimate of drug-likeness (QED) is 0.474. The SMILES string of the molecule is COC(=O)C#Cc1ncccc1C=C(F)B1OC(C)(C)C(C)(C)O1. The van der Waals surface area contributed by atoms with E-state index in [2.05, 4.69) is 21.6 Å². The van der Waals surface area contributed by atoms with Crippen LogP contribution in [0.3, 0.4) is 0 Å². The number of aromatic nitrogens is 1. The Morgan fingerprint density at radius 2 is 1.96 bits per heavy atom. The van der Waals surface area contributed by atoms with E-state index in [0.29, 0.717) is 5.56 Å². The summed E-state index contributed by atoms with van der Waals surface area (Å²) < 4.78 is 30.3. The Labute approximate surface area is 141 Å². The van der Waals surface area contributed by atoms with Gasteiger partial charge in [-0.15, -0.1) is 0 Å². The molecule has 1 aromatic heterocycles. The topological polar surface area (TPSA) is 57.7 Å². The first-order valence-electron chi connectivity index (χ1n) is 7.44. The van der Waals surface area contributed by atoms with E-state index in [1.807, 2.05) is 27.7 Å². The smallest absolute Gasteiger partial charge is 0.459 e. The lowest BCUT2D eigenvalue weighted by Gasteiger charge is -2.32. The molecule has 2 heterocycles. The van der Waals surface area contributed by atoms with Crippen LogP contribution in [0, 0.1) is 11.8 Å². The number of carbonyl (C=O) groups is 1. The van der Waals surface area contributed by atoms with Gasteiger partial charge in [-0.2, -0.15) is 0 Å². The lowest BCUT2D eigenvalue weighted by atomic mass is 9.86. The number of ether oxygens (including phenoxy) is 1. The summed E-state index contributed by atoms with van der Waals surface area (Å²) in [6.07, 6.45) is 2.75. The van der Waals surface area contributed by atoms with Crippen LogP contribution in [0.1, 0.15) is 39.0 Å². The Hall–Kier alpha value is -2.17. The third kappa shape index (κ3) is 3.83. The molecule has 0 atom stereocenters. The highest BCUT2D eigenvalue weighted by Crippen LogP contribution is 2.39. The molecule has 2 rings (SSSR count). The predicted molar refractivity (Wildman–Crippen MR) is 88.3 cm³/mol. The van der Waals surface area contributed by atoms with Crippen LogP contribution in [0.4, 0.5) is 4.39 Å². The van der Waals surface area contributed by atoms with Crippen molar-refractivity contribution in [2.24, 2.45) is 0 Å². The lowest BCUT2D eigenvalue weighted by Crippen LogP contribution is -2.41. The van der Waals surface area contributed by atoms with Crippen LogP contribution in [0.5, 0.6) is 0 Å². The minimum Gasteiger partial charge on any atom is -0.459 e. The molecule has 0 amide bonds. The van der Waals surface area contributed by atoms with Crippen LogP contribution in [-0.2, 0) is 18.8 Å². The highest BCUT2D eigenvalue weighted by Gasteiger charge is 2.53. The maximum absolute atomic E-state index is 14.6. The number of rotatable bonds is 2. The van der Waals surface area contributed by atoms with Crippen molar-refractivity contribution in [3.63, 3.8) is 0 Å². The van der Waals surface area contributed by atoms with E-state index in [1.165, 1.54) is 19.4 Å². The first kappa shape index (κ1) is 18.2. The fourth-order valence-corrected chi connectivity index (χ4v) is 1.97. The molecule has 0 spiro atoms. The van der Waals surface area contributed by atoms with Crippen LogP contribution in [0.15, 0.2) is 24.1 Å². The normalized spacial score (nSPS) is 18.8. The van der Waals surface area contributed by atoms with Crippen LogP contribution in [0.25, 0.3) is 6.08 Å². The number of hydrogen-bond donors (Lipinski definition) is 0. The minimum atomic E-state index is -1.10. The molecule has 24 heavy (non-hydrogen) atoms. The van der Waals surface area contributed by atoms with Gasteiger partial charge in [0, 0.05) is 17.7 Å². The second-order valence-electron chi connectivity index (χ2n) is 6.30. The molecule has 0 aromatic carbocycles. The number of nitrogens with zero attached hydrogens (tertiary/aromatic N) is 1. The molecule has 1 fully saturated rings. The average molecular weight is 331 g/mol. The molecule has 5 nitrogen and oxygen atoms in total. The van der Waals surface area contributed by atoms with Gasteiger partial charge in [-0.1, -0.05) is 6.07 Å². The van der Waals surface area contributed by atoms with E-state index in [0.717, 1.165) is 0 Å². The summed E-state index contributed by atoms with van der Waals surface area (Å²) in [5.41, 5.74) is -1.19. The summed E-state index contributed by atoms with van der Waals surface area (Å²) in [6.45, 7) is 7.38. The minimum absolute atomic E-state index is 0.259. The molecule has 7 heteroatoms. The predicted octanol–water partition coefficient (Wildman–Crippen LogP) is 2.55. The van der Waals surface area contributed by atoms with Gasteiger partial charge in [0.05, 0.1) is 18.3 Å². The molecule has 0 radical (unpaired) electrons. The van der Waals surface area contributed by atoms with Gasteiger partial charge in [0.15, 0.2) is 0 Å². The first-order valence-corrected chi connectivity index (χ1v) is 7.44. The second kappa shape index (κ2) is 6.75. The Kier molecular flexibility index (Phi) is 5.12. The van der Waals surface area contributed by atoms with Crippen molar-refractivity contribution in [2.45, 2.75) is 38.9 Å². The molecule has 1 aromatic rings. The van der Waals surface area contributed by atoms with Crippen molar-refractivity contribution >= 4 is 19.2 Å². The van der Waals surface area contributed by atoms with E-state index in [-0.39, 0.29) is 5.69 Å². The van der Waals surface area contributed by atoms with Crippen LogP contribution in [0.2, 0.25) is 0 Å². The van der Waals surface area contributed by atoms with E-state index < -0.39 is 30.0 Å². The fraction of sp³-hybridized carbons (Fsp3) is 0.412. The van der Waals surface area contributed by atoms with Gasteiger partial charge < -0.3 is 14.0 Å². The van der Waals surface area contributed by atoms with Crippen molar-refractivity contribution in [1.29, 1.82) is 0 Å². The van der Waals surface area contributed by atoms with Crippen molar-refractivity contribution in [3.05, 3.63) is 35.3 Å². The highest BCUT2D eigenvalue weighted by molar-refractivity contribution is 6.54. The van der Waals surface area contributed by atoms with E-state index >= 15 is 0 Å². The number of halogens is 1. The molecule has 0 bridgehead atoms. The Bertz CT molecular complexity index is 718. The molecule has 1 aliphatic heterocycles. The third-order valence-electron chi connectivity index (χ3n) is 4.08. The summed E-state index contributed by atoms with van der Waals surface area (Å²) in [7, 11) is 0.130. The zero-order valence-corrected chi connectivity index (χ0v) is 14.3. The lowest BCUT2D eigenvalue weighted by molar-refractivity contribution is -0.133. The first-order chi connectivity index (χ1) is 11.2. The molecule has 0 aliphatic carbocycles. The van der Waals surface area contributed by atoms with E-state index in [1.54, 1.807) is 12.1 Å². The van der Waals surface area contributed by atoms with Crippen molar-refractivity contribution in [2.75, 3.05) is 7.11 Å². The van der Waals surface area contributed by atoms with Crippen molar-refractivity contribution < 1.29 is 23.2 Å². The largest absolute Gasteiger partial charge is 0.525 e. The molecule has 1 aliphatic rings. The van der Waals surface area contributed by atoms with Gasteiger partial charge in [0.2, 0.25) is 0 Å². The van der Waals surface area contributed by atoms with Crippen molar-refractivity contribution in [3.8, 4) is 11.8 Å². The monoisotopic (exact) mass is 331 g/mol. The summed E-state index contributed by atoms with van der Waals surface area (Å²) in [6, 6.07) is 3.28. The van der Waals surface area contributed by atoms with Crippen molar-refractivity contribution in [1.82, 2.24) is 4.98 Å². The van der Waals surface area contributed by atoms with Crippen LogP contribution in [-0.4, -0.2) is 36.4 Å². The average Bonchev–Trinajstić information content (AvgIpc) is 2.74. The zero-order chi connectivity index (χ0) is 18.0. The molecular formula is C17H19BFNO4. The number of carbonyl (C=O) groups excluding carboxylic acids is 1. The maximum Gasteiger partial charge on any atom is 0.525 e. The van der Waals surface area contributed by atoms with Gasteiger partial charge in [0.1, 0.15) is 11.4 Å². The second-order valence-corrected chi connectivity index (χ2v) is 6.30. The standard InChI is InChI=1S/C17H19BFNO4/c1-16(2)17(3,4)24-18(23-16)14(19)11-12-7-6-10-20-13(12)8-9-15(21)22-5/h6-7,10-11H,1-5H3. The van der Waals surface area contributed by atoms with E-state index in [9.17, 15) is 9.18 Å². The molecule has 0 saturated carbocycles. The Morgan fingerprint density at radius 1 is 1.33 bits per heavy atom. The Balaban J connectivity index is 2.28. The van der Waals surface area contributed by atoms with Gasteiger partial charge in [-0.3, -0.25) is 0 Å². The fourth-order valence-electron chi connectivity index (χ4n) is 1.97. The number of esters is 1. The van der Waals surface area contributed by atoms with Gasteiger partial charge in [-0.25, -0.2) is 14.2 Å². The number of hydrogen-bond acceptors (Lipinski definition) is 5. The summed E-state index contributed by atoms with van der Waals surface area (Å²) in [4.78, 5) is 15.2. The molecule has 1 saturated heterocycles. The summed E-state index contributed by atoms with van der Waals surface area (Å²) >= 11 is 0. The third-order valence-corrected chi connectivity index (χ3v) is 4.08. The Morgan fingerprint density at radius 3 is 2.54 bits per heavy atom. The molecule has 126 valence electrons. The van der Waals surface area contributed by atoms with Gasteiger partial charge in [-0.05, 0) is 45.8 Å². The number of methoxy groups -OCH3 is 1. The highest BCUT2D eigenvalue weighted by atomic mass is 19.1. The summed E-state index contributed by atoms with van der Waals surface area (Å²) in [5.74, 6) is 4.14. The maximum atomic E-state index is 14.6. The molecule has 0 unspecified atom stereocenters. The molecular weight excluding hydrogens is 312 g/mol. The van der Waals surface area contributed by atoms with Gasteiger partial charge >= 0.3 is 13.1 Å².